The average molecular weight is 316 g/mol. The van der Waals surface area contributed by atoms with Gasteiger partial charge in [-0.15, -0.1) is 5.10 Å². The molecule has 0 bridgehead atoms. The van der Waals surface area contributed by atoms with Crippen LogP contribution in [0.4, 0.5) is 0 Å². The molecule has 0 saturated carbocycles. The van der Waals surface area contributed by atoms with Crippen LogP contribution in [0.5, 0.6) is 0 Å². The first-order valence-corrected chi connectivity index (χ1v) is 7.22. The first kappa shape index (κ1) is 14.9. The van der Waals surface area contributed by atoms with Crippen molar-refractivity contribution in [3.05, 3.63) is 41.1 Å². The van der Waals surface area contributed by atoms with Crippen molar-refractivity contribution in [2.24, 2.45) is 0 Å². The minimum Gasteiger partial charge on any atom is -0.408 e. The molecule has 1 aromatic carbocycles. The van der Waals surface area contributed by atoms with Gasteiger partial charge in [-0.1, -0.05) is 12.1 Å². The number of hydrogen-bond donors (Lipinski definition) is 1. The number of hydrogen-bond acceptors (Lipinski definition) is 6. The lowest BCUT2D eigenvalue weighted by Gasteiger charge is -2.14. The maximum atomic E-state index is 11.9. The number of oxazole rings is 1. The normalized spacial score (nSPS) is 12.4. The Hall–Kier alpha value is -2.97. The summed E-state index contributed by atoms with van der Waals surface area (Å²) in [6.45, 7) is 2.58. The molecule has 1 N–H and O–H groups in total. The van der Waals surface area contributed by atoms with Crippen LogP contribution in [-0.4, -0.2) is 36.7 Å². The van der Waals surface area contributed by atoms with Gasteiger partial charge in [0.2, 0.25) is 5.91 Å². The van der Waals surface area contributed by atoms with Gasteiger partial charge >= 0.3 is 5.76 Å². The molecule has 3 rings (SSSR count). The standard InChI is InChI=1S/C14H16N6O3/c1-10(16-13(21)6-7-19-9-15-17-18-19)8-20-11-4-2-3-5-12(11)23-14(20)22/h2-5,9-10H,6-8H2,1H3,(H,16,21)/t10-/m0/s1. The Morgan fingerprint density at radius 1 is 1.39 bits per heavy atom. The van der Waals surface area contributed by atoms with E-state index in [1.807, 2.05) is 19.1 Å². The maximum absolute atomic E-state index is 11.9. The number of nitrogens with one attached hydrogen (secondary N) is 1. The summed E-state index contributed by atoms with van der Waals surface area (Å²) < 4.78 is 8.17. The van der Waals surface area contributed by atoms with Gasteiger partial charge in [-0.2, -0.15) is 0 Å². The van der Waals surface area contributed by atoms with E-state index in [4.69, 9.17) is 4.42 Å². The van der Waals surface area contributed by atoms with Gasteiger partial charge in [0.25, 0.3) is 0 Å². The summed E-state index contributed by atoms with van der Waals surface area (Å²) in [6.07, 6.45) is 1.71. The molecule has 0 radical (unpaired) electrons. The fourth-order valence-electron chi connectivity index (χ4n) is 2.35. The van der Waals surface area contributed by atoms with E-state index in [1.54, 1.807) is 12.1 Å². The number of aryl methyl sites for hydroxylation is 1. The Labute approximate surface area is 130 Å². The zero-order valence-corrected chi connectivity index (χ0v) is 12.5. The smallest absolute Gasteiger partial charge is 0.408 e. The molecule has 3 aromatic rings. The van der Waals surface area contributed by atoms with Crippen molar-refractivity contribution in [3.8, 4) is 0 Å². The minimum atomic E-state index is -0.430. The highest BCUT2D eigenvalue weighted by atomic mass is 16.4. The van der Waals surface area contributed by atoms with Crippen molar-refractivity contribution in [2.75, 3.05) is 0 Å². The Bertz CT molecular complexity index is 851. The number of carbonyl (C=O) groups is 1. The van der Waals surface area contributed by atoms with E-state index >= 15 is 0 Å². The molecule has 120 valence electrons. The predicted octanol–water partition coefficient (Wildman–Crippen LogP) is 0.176. The van der Waals surface area contributed by atoms with E-state index in [1.165, 1.54) is 15.6 Å². The number of tetrazole rings is 1. The van der Waals surface area contributed by atoms with Crippen LogP contribution in [0.2, 0.25) is 0 Å². The molecule has 0 aliphatic rings. The second-order valence-electron chi connectivity index (χ2n) is 5.24. The van der Waals surface area contributed by atoms with E-state index in [9.17, 15) is 9.59 Å². The highest BCUT2D eigenvalue weighted by molar-refractivity contribution is 5.76. The molecule has 2 aromatic heterocycles. The van der Waals surface area contributed by atoms with Gasteiger partial charge in [0.05, 0.1) is 12.1 Å². The lowest BCUT2D eigenvalue weighted by molar-refractivity contribution is -0.122. The molecule has 0 aliphatic carbocycles. The van der Waals surface area contributed by atoms with E-state index in [-0.39, 0.29) is 18.4 Å². The number of amides is 1. The molecule has 1 atom stereocenters. The van der Waals surface area contributed by atoms with Gasteiger partial charge in [-0.05, 0) is 29.5 Å². The van der Waals surface area contributed by atoms with Gasteiger partial charge in [0.15, 0.2) is 5.58 Å². The lowest BCUT2D eigenvalue weighted by atomic mass is 10.2. The van der Waals surface area contributed by atoms with Crippen molar-refractivity contribution in [2.45, 2.75) is 32.5 Å². The third-order valence-corrected chi connectivity index (χ3v) is 3.40. The highest BCUT2D eigenvalue weighted by Gasteiger charge is 2.13. The first-order chi connectivity index (χ1) is 11.1. The number of aromatic nitrogens is 5. The number of carbonyl (C=O) groups excluding carboxylic acids is 1. The van der Waals surface area contributed by atoms with Gasteiger partial charge in [-0.25, -0.2) is 9.48 Å². The Balaban J connectivity index is 1.60. The Morgan fingerprint density at radius 2 is 2.22 bits per heavy atom. The summed E-state index contributed by atoms with van der Waals surface area (Å²) in [6, 6.07) is 6.98. The Morgan fingerprint density at radius 3 is 3.00 bits per heavy atom. The zero-order chi connectivity index (χ0) is 16.2. The summed E-state index contributed by atoms with van der Waals surface area (Å²) in [7, 11) is 0. The minimum absolute atomic E-state index is 0.131. The van der Waals surface area contributed by atoms with Crippen LogP contribution in [-0.2, 0) is 17.9 Å². The summed E-state index contributed by atoms with van der Waals surface area (Å²) in [5, 5.41) is 13.5. The van der Waals surface area contributed by atoms with Crippen molar-refractivity contribution in [1.82, 2.24) is 30.1 Å². The van der Waals surface area contributed by atoms with Crippen LogP contribution < -0.4 is 11.1 Å². The van der Waals surface area contributed by atoms with E-state index in [0.29, 0.717) is 24.2 Å². The predicted molar refractivity (Wildman–Crippen MR) is 80.5 cm³/mol. The van der Waals surface area contributed by atoms with E-state index in [0.717, 1.165) is 0 Å². The third kappa shape index (κ3) is 3.44. The number of rotatable bonds is 6. The van der Waals surface area contributed by atoms with Gasteiger partial charge in [0.1, 0.15) is 6.33 Å². The second kappa shape index (κ2) is 6.42. The van der Waals surface area contributed by atoms with Crippen molar-refractivity contribution in [1.29, 1.82) is 0 Å². The lowest BCUT2D eigenvalue weighted by Crippen LogP contribution is -2.37. The molecule has 9 heteroatoms. The van der Waals surface area contributed by atoms with E-state index < -0.39 is 5.76 Å². The molecule has 0 fully saturated rings. The van der Waals surface area contributed by atoms with Crippen LogP contribution in [0.25, 0.3) is 11.1 Å². The number of para-hydroxylation sites is 2. The van der Waals surface area contributed by atoms with Crippen LogP contribution in [0.15, 0.2) is 39.8 Å². The number of benzene rings is 1. The highest BCUT2D eigenvalue weighted by Crippen LogP contribution is 2.12. The van der Waals surface area contributed by atoms with Crippen molar-refractivity contribution < 1.29 is 9.21 Å². The van der Waals surface area contributed by atoms with Gasteiger partial charge in [0, 0.05) is 19.0 Å². The maximum Gasteiger partial charge on any atom is 0.420 e. The molecule has 23 heavy (non-hydrogen) atoms. The quantitative estimate of drug-likeness (QED) is 0.695. The Kier molecular flexibility index (Phi) is 4.18. The fraction of sp³-hybridized carbons (Fsp3) is 0.357. The van der Waals surface area contributed by atoms with Gasteiger partial charge < -0.3 is 9.73 Å². The molecular weight excluding hydrogens is 300 g/mol. The largest absolute Gasteiger partial charge is 0.420 e. The number of fused-ring (bicyclic) bond motifs is 1. The third-order valence-electron chi connectivity index (χ3n) is 3.40. The topological polar surface area (TPSA) is 108 Å². The monoisotopic (exact) mass is 316 g/mol. The average Bonchev–Trinajstić information content (AvgIpc) is 3.14. The SMILES string of the molecule is C[C@@H](Cn1c(=O)oc2ccccc21)NC(=O)CCn1cnnn1. The van der Waals surface area contributed by atoms with Crippen molar-refractivity contribution in [3.63, 3.8) is 0 Å². The second-order valence-corrected chi connectivity index (χ2v) is 5.24. The van der Waals surface area contributed by atoms with E-state index in [2.05, 4.69) is 20.8 Å². The molecule has 0 unspecified atom stereocenters. The molecule has 1 amide bonds. The van der Waals surface area contributed by atoms with Crippen LogP contribution in [0.3, 0.4) is 0 Å². The molecule has 9 nitrogen and oxygen atoms in total. The van der Waals surface area contributed by atoms with Crippen molar-refractivity contribution >= 4 is 17.0 Å². The summed E-state index contributed by atoms with van der Waals surface area (Å²) >= 11 is 0. The molecule has 0 spiro atoms. The van der Waals surface area contributed by atoms with Crippen LogP contribution >= 0.6 is 0 Å². The summed E-state index contributed by atoms with van der Waals surface area (Å²) in [4.78, 5) is 23.8. The summed E-state index contributed by atoms with van der Waals surface area (Å²) in [5.74, 6) is -0.560. The fourth-order valence-corrected chi connectivity index (χ4v) is 2.35. The zero-order valence-electron chi connectivity index (χ0n) is 12.5. The van der Waals surface area contributed by atoms with Crippen LogP contribution in [0, 0.1) is 0 Å². The van der Waals surface area contributed by atoms with Gasteiger partial charge in [-0.3, -0.25) is 9.36 Å². The summed E-state index contributed by atoms with van der Waals surface area (Å²) in [5.41, 5.74) is 1.25. The first-order valence-electron chi connectivity index (χ1n) is 7.22. The number of nitrogens with zero attached hydrogens (tertiary/aromatic N) is 5. The van der Waals surface area contributed by atoms with Crippen LogP contribution in [0.1, 0.15) is 13.3 Å². The molecule has 2 heterocycles. The molecule has 0 aliphatic heterocycles. The molecule has 0 saturated heterocycles. The molecular formula is C14H16N6O3.